The molecule has 0 aromatic rings. The van der Waals surface area contributed by atoms with Gasteiger partial charge in [0.1, 0.15) is 11.4 Å². The second-order valence-corrected chi connectivity index (χ2v) is 6.99. The maximum atomic E-state index is 11.0. The summed E-state index contributed by atoms with van der Waals surface area (Å²) in [6.45, 7) is 2.08. The molecule has 0 amide bonds. The molecule has 2 aliphatic heterocycles. The van der Waals surface area contributed by atoms with Gasteiger partial charge in [-0.15, -0.1) is 11.6 Å². The topological polar surface area (TPSA) is 67.8 Å². The van der Waals surface area contributed by atoms with Gasteiger partial charge in [-0.3, -0.25) is 4.99 Å². The third-order valence-electron chi connectivity index (χ3n) is 4.97. The number of ether oxygens (including phenoxy) is 1. The van der Waals surface area contributed by atoms with Gasteiger partial charge in [-0.25, -0.2) is 0 Å². The predicted octanol–water partition coefficient (Wildman–Crippen LogP) is 1.82. The average Bonchev–Trinajstić information content (AvgIpc) is 2.85. The van der Waals surface area contributed by atoms with E-state index in [1.54, 1.807) is 0 Å². The summed E-state index contributed by atoms with van der Waals surface area (Å²) >= 11 is 6.26. The zero-order chi connectivity index (χ0) is 13.6. The molecular weight excluding hydrogens is 264 g/mol. The van der Waals surface area contributed by atoms with Gasteiger partial charge in [0.05, 0.1) is 18.2 Å². The highest BCUT2D eigenvalue weighted by atomic mass is 35.5. The molecule has 0 radical (unpaired) electrons. The van der Waals surface area contributed by atoms with Crippen LogP contribution < -0.4 is 5.73 Å². The molecule has 1 aliphatic carbocycles. The molecular formula is C14H23ClN2O2. The molecule has 2 heterocycles. The van der Waals surface area contributed by atoms with Crippen molar-refractivity contribution in [1.82, 2.24) is 0 Å². The van der Waals surface area contributed by atoms with E-state index < -0.39 is 5.60 Å². The number of fused-ring (bicyclic) bond motifs is 1. The van der Waals surface area contributed by atoms with Crippen molar-refractivity contribution in [1.29, 1.82) is 0 Å². The molecule has 0 aromatic carbocycles. The highest BCUT2D eigenvalue weighted by Crippen LogP contribution is 2.44. The largest absolute Gasteiger partial charge is 0.385 e. The lowest BCUT2D eigenvalue weighted by Gasteiger charge is -2.37. The fraction of sp³-hybridized carbons (Fsp3) is 0.929. The smallest absolute Gasteiger partial charge is 0.128 e. The van der Waals surface area contributed by atoms with E-state index in [4.69, 9.17) is 22.1 Å². The number of hydrogen-bond donors (Lipinski definition) is 2. The Morgan fingerprint density at radius 1 is 1.42 bits per heavy atom. The average molecular weight is 287 g/mol. The van der Waals surface area contributed by atoms with Crippen LogP contribution in [0.3, 0.4) is 0 Å². The quantitative estimate of drug-likeness (QED) is 0.761. The number of aliphatic hydroxyl groups is 1. The number of alkyl halides is 1. The molecule has 19 heavy (non-hydrogen) atoms. The van der Waals surface area contributed by atoms with Gasteiger partial charge >= 0.3 is 0 Å². The summed E-state index contributed by atoms with van der Waals surface area (Å²) in [7, 11) is 0. The third-order valence-corrected chi connectivity index (χ3v) is 5.37. The molecule has 3 rings (SSSR count). The maximum Gasteiger partial charge on any atom is 0.128 e. The Kier molecular flexibility index (Phi) is 3.52. The van der Waals surface area contributed by atoms with Gasteiger partial charge in [-0.05, 0) is 39.0 Å². The number of hydrogen-bond acceptors (Lipinski definition) is 4. The summed E-state index contributed by atoms with van der Waals surface area (Å²) in [6, 6.07) is 0.152. The molecule has 5 heteroatoms. The van der Waals surface area contributed by atoms with Crippen LogP contribution in [-0.2, 0) is 4.74 Å². The molecule has 0 bridgehead atoms. The van der Waals surface area contributed by atoms with E-state index in [9.17, 15) is 5.11 Å². The second-order valence-electron chi connectivity index (χ2n) is 6.37. The summed E-state index contributed by atoms with van der Waals surface area (Å²) < 4.78 is 5.84. The van der Waals surface area contributed by atoms with Gasteiger partial charge in [0.15, 0.2) is 0 Å². The SMILES string of the molecule is CC1CCC(CC2(O)C(N)=NC3CCC(Cl)CC32)O1. The Morgan fingerprint density at radius 2 is 2.21 bits per heavy atom. The lowest BCUT2D eigenvalue weighted by molar-refractivity contribution is -0.0312. The first-order chi connectivity index (χ1) is 8.99. The van der Waals surface area contributed by atoms with Gasteiger partial charge < -0.3 is 15.6 Å². The second kappa shape index (κ2) is 4.90. The predicted molar refractivity (Wildman–Crippen MR) is 75.5 cm³/mol. The van der Waals surface area contributed by atoms with E-state index in [0.717, 1.165) is 32.1 Å². The maximum absolute atomic E-state index is 11.0. The Bertz CT molecular complexity index is 390. The Morgan fingerprint density at radius 3 is 2.89 bits per heavy atom. The molecule has 6 atom stereocenters. The minimum atomic E-state index is -1.01. The molecule has 3 N–H and O–H groups in total. The van der Waals surface area contributed by atoms with E-state index in [1.165, 1.54) is 0 Å². The summed E-state index contributed by atoms with van der Waals surface area (Å²) in [5.74, 6) is 0.472. The zero-order valence-corrected chi connectivity index (χ0v) is 12.1. The number of aliphatic imine (C=N–C) groups is 1. The van der Waals surface area contributed by atoms with Crippen LogP contribution in [0.2, 0.25) is 0 Å². The minimum absolute atomic E-state index is 0.0725. The molecule has 1 saturated heterocycles. The van der Waals surface area contributed by atoms with E-state index in [-0.39, 0.29) is 29.5 Å². The molecule has 0 spiro atoms. The van der Waals surface area contributed by atoms with Gasteiger partial charge in [-0.1, -0.05) is 0 Å². The summed E-state index contributed by atoms with van der Waals surface area (Å²) in [5, 5.41) is 11.2. The van der Waals surface area contributed by atoms with Crippen molar-refractivity contribution >= 4 is 17.4 Å². The van der Waals surface area contributed by atoms with E-state index in [0.29, 0.717) is 12.3 Å². The lowest BCUT2D eigenvalue weighted by Crippen LogP contribution is -2.51. The Labute approximate surface area is 119 Å². The number of nitrogens with zero attached hydrogens (tertiary/aromatic N) is 1. The van der Waals surface area contributed by atoms with Gasteiger partial charge in [0.25, 0.3) is 0 Å². The van der Waals surface area contributed by atoms with E-state index in [1.807, 2.05) is 0 Å². The normalized spacial score (nSPS) is 50.1. The number of nitrogens with two attached hydrogens (primary N) is 1. The van der Waals surface area contributed by atoms with Crippen molar-refractivity contribution in [2.24, 2.45) is 16.6 Å². The molecule has 3 aliphatic rings. The van der Waals surface area contributed by atoms with Crippen molar-refractivity contribution in [3.63, 3.8) is 0 Å². The first-order valence-electron chi connectivity index (χ1n) is 7.34. The van der Waals surface area contributed by atoms with Gasteiger partial charge in [0.2, 0.25) is 0 Å². The van der Waals surface area contributed by atoms with Crippen molar-refractivity contribution < 1.29 is 9.84 Å². The van der Waals surface area contributed by atoms with Crippen molar-refractivity contribution in [2.75, 3.05) is 0 Å². The lowest BCUT2D eigenvalue weighted by atomic mass is 9.73. The van der Waals surface area contributed by atoms with Crippen LogP contribution in [0.1, 0.15) is 45.4 Å². The van der Waals surface area contributed by atoms with Crippen LogP contribution in [0.4, 0.5) is 0 Å². The van der Waals surface area contributed by atoms with Gasteiger partial charge in [0, 0.05) is 17.7 Å². The van der Waals surface area contributed by atoms with Crippen LogP contribution in [0.5, 0.6) is 0 Å². The molecule has 2 fully saturated rings. The van der Waals surface area contributed by atoms with Crippen molar-refractivity contribution in [3.8, 4) is 0 Å². The molecule has 6 unspecified atom stereocenters. The number of amidine groups is 1. The Balaban J connectivity index is 1.75. The van der Waals surface area contributed by atoms with E-state index >= 15 is 0 Å². The first-order valence-corrected chi connectivity index (χ1v) is 7.78. The zero-order valence-electron chi connectivity index (χ0n) is 11.4. The standard InChI is InChI=1S/C14H23ClN2O2/c1-8-2-4-10(19-8)7-14(18)11-6-9(15)3-5-12(11)17-13(14)16/h8-12,18H,2-7H2,1H3,(H2,16,17). The highest BCUT2D eigenvalue weighted by molar-refractivity contribution is 6.20. The van der Waals surface area contributed by atoms with Crippen LogP contribution in [-0.4, -0.2) is 40.2 Å². The fourth-order valence-electron chi connectivity index (χ4n) is 3.89. The molecule has 108 valence electrons. The van der Waals surface area contributed by atoms with E-state index in [2.05, 4.69) is 11.9 Å². The summed E-state index contributed by atoms with van der Waals surface area (Å²) in [4.78, 5) is 4.49. The van der Waals surface area contributed by atoms with Crippen LogP contribution >= 0.6 is 11.6 Å². The summed E-state index contributed by atoms with van der Waals surface area (Å²) in [6.07, 6.45) is 5.71. The minimum Gasteiger partial charge on any atom is -0.385 e. The number of halogens is 1. The molecule has 4 nitrogen and oxygen atoms in total. The van der Waals surface area contributed by atoms with Crippen LogP contribution in [0.25, 0.3) is 0 Å². The van der Waals surface area contributed by atoms with Crippen molar-refractivity contribution in [2.45, 2.75) is 74.7 Å². The molecule has 0 aromatic heterocycles. The highest BCUT2D eigenvalue weighted by Gasteiger charge is 2.53. The fourth-order valence-corrected chi connectivity index (χ4v) is 4.21. The third kappa shape index (κ3) is 2.39. The first kappa shape index (κ1) is 13.7. The van der Waals surface area contributed by atoms with Crippen molar-refractivity contribution in [3.05, 3.63) is 0 Å². The number of rotatable bonds is 2. The molecule has 1 saturated carbocycles. The van der Waals surface area contributed by atoms with Crippen LogP contribution in [0.15, 0.2) is 4.99 Å². The van der Waals surface area contributed by atoms with Gasteiger partial charge in [-0.2, -0.15) is 0 Å². The Hall–Kier alpha value is -0.320. The monoisotopic (exact) mass is 286 g/mol. The van der Waals surface area contributed by atoms with Crippen LogP contribution in [0, 0.1) is 5.92 Å². The summed E-state index contributed by atoms with van der Waals surface area (Å²) in [5.41, 5.74) is 5.03.